The number of aromatic nitrogens is 1. The van der Waals surface area contributed by atoms with Gasteiger partial charge in [-0.15, -0.1) is 0 Å². The monoisotopic (exact) mass is 165 g/mol. The van der Waals surface area contributed by atoms with E-state index in [1.165, 1.54) is 6.07 Å². The van der Waals surface area contributed by atoms with Gasteiger partial charge in [-0.2, -0.15) is 0 Å². The summed E-state index contributed by atoms with van der Waals surface area (Å²) < 4.78 is 5.15. The molecule has 1 N–H and O–H groups in total. The van der Waals surface area contributed by atoms with Crippen LogP contribution in [-0.4, -0.2) is 11.6 Å². The van der Waals surface area contributed by atoms with Crippen molar-refractivity contribution in [3.05, 3.63) is 40.8 Å². The molecule has 0 bridgehead atoms. The predicted octanol–water partition coefficient (Wildman–Crippen LogP) is 1.25. The Balaban J connectivity index is 2.96. The van der Waals surface area contributed by atoms with Gasteiger partial charge in [0.15, 0.2) is 5.75 Å². The number of aryl methyl sites for hydroxylation is 1. The van der Waals surface area contributed by atoms with E-state index in [-0.39, 0.29) is 5.43 Å². The fourth-order valence-electron chi connectivity index (χ4n) is 0.890. The molecule has 3 heteroatoms. The first-order valence-corrected chi connectivity index (χ1v) is 3.67. The molecule has 0 aliphatic rings. The van der Waals surface area contributed by atoms with E-state index in [0.29, 0.717) is 12.4 Å². The second-order valence-electron chi connectivity index (χ2n) is 2.40. The molecular formula is C9H11NO2. The van der Waals surface area contributed by atoms with Gasteiger partial charge >= 0.3 is 0 Å². The van der Waals surface area contributed by atoms with Gasteiger partial charge in [-0.3, -0.25) is 4.79 Å². The quantitative estimate of drug-likeness (QED) is 0.685. The van der Waals surface area contributed by atoms with E-state index in [1.54, 1.807) is 19.2 Å². The molecule has 0 unspecified atom stereocenters. The van der Waals surface area contributed by atoms with Crippen molar-refractivity contribution in [2.75, 3.05) is 6.61 Å². The first kappa shape index (κ1) is 8.59. The molecule has 1 heterocycles. The third kappa shape index (κ3) is 1.75. The molecule has 0 fully saturated rings. The van der Waals surface area contributed by atoms with Crippen molar-refractivity contribution in [2.24, 2.45) is 0 Å². The molecule has 1 rings (SSSR count). The molecule has 0 spiro atoms. The Kier molecular flexibility index (Phi) is 2.69. The fourth-order valence-corrected chi connectivity index (χ4v) is 0.890. The molecule has 12 heavy (non-hydrogen) atoms. The molecule has 0 atom stereocenters. The minimum absolute atomic E-state index is 0.104. The first-order valence-electron chi connectivity index (χ1n) is 3.67. The van der Waals surface area contributed by atoms with Gasteiger partial charge in [0, 0.05) is 12.3 Å². The number of aromatic amines is 1. The molecule has 1 aromatic heterocycles. The van der Waals surface area contributed by atoms with Gasteiger partial charge in [0.05, 0.1) is 5.69 Å². The number of hydrogen-bond donors (Lipinski definition) is 1. The average molecular weight is 165 g/mol. The van der Waals surface area contributed by atoms with Crippen LogP contribution in [0.25, 0.3) is 0 Å². The summed E-state index contributed by atoms with van der Waals surface area (Å²) >= 11 is 0. The SMILES string of the molecule is C=CCOc1c(C)[nH]ccc1=O. The standard InChI is InChI=1S/C9H11NO2/c1-3-6-12-9-7(2)10-5-4-8(9)11/h3-5H,1,6H2,2H3,(H,10,11). The molecule has 0 radical (unpaired) electrons. The Hall–Kier alpha value is -1.51. The summed E-state index contributed by atoms with van der Waals surface area (Å²) in [6.07, 6.45) is 3.20. The Labute approximate surface area is 70.7 Å². The average Bonchev–Trinajstić information content (AvgIpc) is 2.04. The Bertz CT molecular complexity index is 328. The van der Waals surface area contributed by atoms with Crippen molar-refractivity contribution in [3.8, 4) is 5.75 Å². The van der Waals surface area contributed by atoms with Crippen molar-refractivity contribution in [1.29, 1.82) is 0 Å². The van der Waals surface area contributed by atoms with Crippen LogP contribution in [0.15, 0.2) is 29.7 Å². The fraction of sp³-hybridized carbons (Fsp3) is 0.222. The van der Waals surface area contributed by atoms with Crippen molar-refractivity contribution >= 4 is 0 Å². The summed E-state index contributed by atoms with van der Waals surface area (Å²) in [5.41, 5.74) is 0.637. The van der Waals surface area contributed by atoms with Crippen LogP contribution in [0.3, 0.4) is 0 Å². The zero-order valence-corrected chi connectivity index (χ0v) is 6.96. The number of nitrogens with one attached hydrogen (secondary N) is 1. The van der Waals surface area contributed by atoms with Crippen LogP contribution in [0.4, 0.5) is 0 Å². The van der Waals surface area contributed by atoms with Crippen molar-refractivity contribution in [1.82, 2.24) is 4.98 Å². The second kappa shape index (κ2) is 3.76. The highest BCUT2D eigenvalue weighted by molar-refractivity contribution is 5.25. The summed E-state index contributed by atoms with van der Waals surface area (Å²) in [7, 11) is 0. The van der Waals surface area contributed by atoms with E-state index in [0.717, 1.165) is 5.69 Å². The lowest BCUT2D eigenvalue weighted by atomic mass is 10.3. The summed E-state index contributed by atoms with van der Waals surface area (Å²) in [6.45, 7) is 5.64. The summed E-state index contributed by atoms with van der Waals surface area (Å²) in [4.78, 5) is 14.1. The van der Waals surface area contributed by atoms with E-state index >= 15 is 0 Å². The van der Waals surface area contributed by atoms with Crippen LogP contribution in [0, 0.1) is 6.92 Å². The topological polar surface area (TPSA) is 42.1 Å². The molecule has 0 aliphatic carbocycles. The third-order valence-electron chi connectivity index (χ3n) is 1.44. The highest BCUT2D eigenvalue weighted by Gasteiger charge is 2.01. The summed E-state index contributed by atoms with van der Waals surface area (Å²) in [6, 6.07) is 1.44. The van der Waals surface area contributed by atoms with Gasteiger partial charge < -0.3 is 9.72 Å². The molecule has 0 saturated carbocycles. The van der Waals surface area contributed by atoms with Gasteiger partial charge in [0.25, 0.3) is 0 Å². The smallest absolute Gasteiger partial charge is 0.223 e. The van der Waals surface area contributed by atoms with Gasteiger partial charge in [-0.1, -0.05) is 12.7 Å². The lowest BCUT2D eigenvalue weighted by Gasteiger charge is -2.04. The van der Waals surface area contributed by atoms with Crippen molar-refractivity contribution in [3.63, 3.8) is 0 Å². The van der Waals surface area contributed by atoms with Gasteiger partial charge in [0.1, 0.15) is 6.61 Å². The molecule has 0 amide bonds. The van der Waals surface area contributed by atoms with E-state index in [9.17, 15) is 4.79 Å². The summed E-state index contributed by atoms with van der Waals surface area (Å²) in [5.74, 6) is 0.373. The Morgan fingerprint density at radius 2 is 2.50 bits per heavy atom. The van der Waals surface area contributed by atoms with Crippen LogP contribution in [0.1, 0.15) is 5.69 Å². The van der Waals surface area contributed by atoms with Crippen LogP contribution in [0.2, 0.25) is 0 Å². The van der Waals surface area contributed by atoms with Gasteiger partial charge in [0.2, 0.25) is 5.43 Å². The molecule has 0 saturated heterocycles. The van der Waals surface area contributed by atoms with Crippen molar-refractivity contribution in [2.45, 2.75) is 6.92 Å². The highest BCUT2D eigenvalue weighted by atomic mass is 16.5. The number of ether oxygens (including phenoxy) is 1. The van der Waals surface area contributed by atoms with Crippen LogP contribution < -0.4 is 10.2 Å². The van der Waals surface area contributed by atoms with Gasteiger partial charge in [-0.25, -0.2) is 0 Å². The highest BCUT2D eigenvalue weighted by Crippen LogP contribution is 2.06. The Morgan fingerprint density at radius 1 is 1.75 bits per heavy atom. The third-order valence-corrected chi connectivity index (χ3v) is 1.44. The van der Waals surface area contributed by atoms with Crippen LogP contribution >= 0.6 is 0 Å². The number of rotatable bonds is 3. The zero-order chi connectivity index (χ0) is 8.97. The van der Waals surface area contributed by atoms with Gasteiger partial charge in [-0.05, 0) is 6.92 Å². The van der Waals surface area contributed by atoms with E-state index < -0.39 is 0 Å². The summed E-state index contributed by atoms with van der Waals surface area (Å²) in [5, 5.41) is 0. The number of hydrogen-bond acceptors (Lipinski definition) is 2. The number of pyridine rings is 1. The molecule has 3 nitrogen and oxygen atoms in total. The zero-order valence-electron chi connectivity index (χ0n) is 6.96. The van der Waals surface area contributed by atoms with Crippen LogP contribution in [0.5, 0.6) is 5.75 Å². The first-order chi connectivity index (χ1) is 5.75. The molecule has 0 aliphatic heterocycles. The largest absolute Gasteiger partial charge is 0.484 e. The Morgan fingerprint density at radius 3 is 3.08 bits per heavy atom. The van der Waals surface area contributed by atoms with Crippen molar-refractivity contribution < 1.29 is 4.74 Å². The maximum atomic E-state index is 11.2. The maximum absolute atomic E-state index is 11.2. The minimum atomic E-state index is -0.104. The predicted molar refractivity (Wildman–Crippen MR) is 47.5 cm³/mol. The minimum Gasteiger partial charge on any atom is -0.484 e. The van der Waals surface area contributed by atoms with E-state index in [4.69, 9.17) is 4.74 Å². The second-order valence-corrected chi connectivity index (χ2v) is 2.40. The molecule has 0 aromatic carbocycles. The van der Waals surface area contributed by atoms with E-state index in [1.807, 2.05) is 0 Å². The van der Waals surface area contributed by atoms with E-state index in [2.05, 4.69) is 11.6 Å². The normalized spacial score (nSPS) is 9.42. The lowest BCUT2D eigenvalue weighted by Crippen LogP contribution is -2.09. The van der Waals surface area contributed by atoms with Crippen LogP contribution in [-0.2, 0) is 0 Å². The number of H-pyrrole nitrogens is 1. The molecule has 1 aromatic rings. The molecule has 64 valence electrons. The lowest BCUT2D eigenvalue weighted by molar-refractivity contribution is 0.355. The maximum Gasteiger partial charge on any atom is 0.223 e. The molecular weight excluding hydrogens is 154 g/mol.